The number of anilines is 1. The molecule has 1 fully saturated rings. The second kappa shape index (κ2) is 9.06. The molecular weight excluding hydrogens is 426 g/mol. The summed E-state index contributed by atoms with van der Waals surface area (Å²) < 4.78 is 5.62. The van der Waals surface area contributed by atoms with E-state index in [0.717, 1.165) is 11.1 Å². The number of halogens is 1. The Morgan fingerprint density at radius 1 is 1.17 bits per heavy atom. The maximum atomic E-state index is 12.3. The summed E-state index contributed by atoms with van der Waals surface area (Å²) in [6.07, 6.45) is 1.33. The maximum absolute atomic E-state index is 12.3. The SMILES string of the molecule is Cc1cccc(NC(=O)COc2ccc(Cl)cc2C=C2C(=O)NC(=S)NC2=O)c1C. The summed E-state index contributed by atoms with van der Waals surface area (Å²) in [6, 6.07) is 10.3. The van der Waals surface area contributed by atoms with Gasteiger partial charge in [-0.15, -0.1) is 0 Å². The highest BCUT2D eigenvalue weighted by Gasteiger charge is 2.26. The first-order valence-corrected chi connectivity index (χ1v) is 9.70. The van der Waals surface area contributed by atoms with E-state index >= 15 is 0 Å². The summed E-state index contributed by atoms with van der Waals surface area (Å²) in [7, 11) is 0. The number of amides is 3. The minimum Gasteiger partial charge on any atom is -0.483 e. The molecular formula is C21H18ClN3O4S. The van der Waals surface area contributed by atoms with Crippen LogP contribution < -0.4 is 20.7 Å². The Labute approximate surface area is 183 Å². The predicted octanol–water partition coefficient (Wildman–Crippen LogP) is 2.89. The lowest BCUT2D eigenvalue weighted by Crippen LogP contribution is -2.51. The van der Waals surface area contributed by atoms with Crippen LogP contribution in [0.2, 0.25) is 5.02 Å². The van der Waals surface area contributed by atoms with Crippen molar-refractivity contribution in [2.45, 2.75) is 13.8 Å². The summed E-state index contributed by atoms with van der Waals surface area (Å²) in [5, 5.41) is 7.83. The molecule has 1 aliphatic rings. The van der Waals surface area contributed by atoms with Crippen molar-refractivity contribution in [3.63, 3.8) is 0 Å². The molecule has 3 rings (SSSR count). The number of carbonyl (C=O) groups is 3. The Morgan fingerprint density at radius 3 is 2.57 bits per heavy atom. The first kappa shape index (κ1) is 21.5. The van der Waals surface area contributed by atoms with E-state index in [-0.39, 0.29) is 28.9 Å². The normalized spacial score (nSPS) is 13.4. The van der Waals surface area contributed by atoms with E-state index in [1.54, 1.807) is 12.1 Å². The molecule has 3 N–H and O–H groups in total. The van der Waals surface area contributed by atoms with Gasteiger partial charge in [-0.25, -0.2) is 0 Å². The number of rotatable bonds is 5. The minimum absolute atomic E-state index is 0.0622. The van der Waals surface area contributed by atoms with Gasteiger partial charge in [0.25, 0.3) is 17.7 Å². The van der Waals surface area contributed by atoms with Gasteiger partial charge in [0, 0.05) is 16.3 Å². The zero-order valence-electron chi connectivity index (χ0n) is 16.2. The number of carbonyl (C=O) groups excluding carboxylic acids is 3. The summed E-state index contributed by atoms with van der Waals surface area (Å²) in [5.41, 5.74) is 2.94. The molecule has 3 amide bonds. The van der Waals surface area contributed by atoms with Crippen LogP contribution in [0.3, 0.4) is 0 Å². The van der Waals surface area contributed by atoms with E-state index in [9.17, 15) is 14.4 Å². The molecule has 2 aromatic carbocycles. The molecule has 7 nitrogen and oxygen atoms in total. The average molecular weight is 444 g/mol. The number of benzene rings is 2. The minimum atomic E-state index is -0.637. The van der Waals surface area contributed by atoms with E-state index in [0.29, 0.717) is 16.3 Å². The van der Waals surface area contributed by atoms with Crippen LogP contribution in [-0.4, -0.2) is 29.4 Å². The lowest BCUT2D eigenvalue weighted by Gasteiger charge is -2.17. The van der Waals surface area contributed by atoms with Crippen LogP contribution in [0.1, 0.15) is 16.7 Å². The fourth-order valence-electron chi connectivity index (χ4n) is 2.74. The lowest BCUT2D eigenvalue weighted by molar-refractivity contribution is -0.123. The van der Waals surface area contributed by atoms with Crippen molar-refractivity contribution < 1.29 is 19.1 Å². The van der Waals surface area contributed by atoms with Gasteiger partial charge in [0.05, 0.1) is 0 Å². The van der Waals surface area contributed by atoms with Gasteiger partial charge in [-0.2, -0.15) is 0 Å². The Balaban J connectivity index is 1.77. The largest absolute Gasteiger partial charge is 0.483 e. The number of hydrogen-bond acceptors (Lipinski definition) is 5. The van der Waals surface area contributed by atoms with Gasteiger partial charge < -0.3 is 10.1 Å². The molecule has 1 heterocycles. The number of nitrogens with one attached hydrogen (secondary N) is 3. The number of thiocarbonyl (C=S) groups is 1. The molecule has 0 spiro atoms. The first-order chi connectivity index (χ1) is 14.2. The van der Waals surface area contributed by atoms with Gasteiger partial charge in [-0.1, -0.05) is 23.7 Å². The van der Waals surface area contributed by atoms with E-state index in [4.69, 9.17) is 28.6 Å². The molecule has 0 radical (unpaired) electrons. The molecule has 0 aliphatic carbocycles. The van der Waals surface area contributed by atoms with Crippen molar-refractivity contribution in [2.24, 2.45) is 0 Å². The Kier molecular flexibility index (Phi) is 6.49. The van der Waals surface area contributed by atoms with Crippen LogP contribution in [0.25, 0.3) is 6.08 Å². The van der Waals surface area contributed by atoms with Gasteiger partial charge in [0.2, 0.25) is 0 Å². The molecule has 1 saturated heterocycles. The van der Waals surface area contributed by atoms with Crippen LogP contribution in [-0.2, 0) is 14.4 Å². The van der Waals surface area contributed by atoms with Crippen LogP contribution in [0.5, 0.6) is 5.75 Å². The molecule has 1 aliphatic heterocycles. The fourth-order valence-corrected chi connectivity index (χ4v) is 3.11. The van der Waals surface area contributed by atoms with Crippen molar-refractivity contribution in [1.82, 2.24) is 10.6 Å². The molecule has 0 bridgehead atoms. The summed E-state index contributed by atoms with van der Waals surface area (Å²) in [4.78, 5) is 36.5. The topological polar surface area (TPSA) is 96.5 Å². The fraction of sp³-hybridized carbons (Fsp3) is 0.143. The van der Waals surface area contributed by atoms with Gasteiger partial charge in [-0.3, -0.25) is 25.0 Å². The van der Waals surface area contributed by atoms with E-state index in [1.165, 1.54) is 12.1 Å². The summed E-state index contributed by atoms with van der Waals surface area (Å²) in [6.45, 7) is 3.61. The van der Waals surface area contributed by atoms with Crippen LogP contribution >= 0.6 is 23.8 Å². The summed E-state index contributed by atoms with van der Waals surface area (Å²) in [5.74, 6) is -1.34. The molecule has 0 unspecified atom stereocenters. The highest BCUT2D eigenvalue weighted by Crippen LogP contribution is 2.26. The molecule has 2 aromatic rings. The number of aryl methyl sites for hydroxylation is 1. The number of ether oxygens (including phenoxy) is 1. The highest BCUT2D eigenvalue weighted by atomic mass is 35.5. The molecule has 9 heteroatoms. The molecule has 30 heavy (non-hydrogen) atoms. The first-order valence-electron chi connectivity index (χ1n) is 8.91. The van der Waals surface area contributed by atoms with Crippen LogP contribution in [0.15, 0.2) is 42.0 Å². The van der Waals surface area contributed by atoms with Crippen molar-refractivity contribution >= 4 is 58.4 Å². The highest BCUT2D eigenvalue weighted by molar-refractivity contribution is 7.80. The third-order valence-electron chi connectivity index (χ3n) is 4.45. The van der Waals surface area contributed by atoms with Crippen molar-refractivity contribution in [3.8, 4) is 5.75 Å². The van der Waals surface area contributed by atoms with E-state index < -0.39 is 11.8 Å². The van der Waals surface area contributed by atoms with E-state index in [1.807, 2.05) is 32.0 Å². The predicted molar refractivity (Wildman–Crippen MR) is 118 cm³/mol. The van der Waals surface area contributed by atoms with Crippen molar-refractivity contribution in [1.29, 1.82) is 0 Å². The van der Waals surface area contributed by atoms with Crippen molar-refractivity contribution in [3.05, 3.63) is 63.7 Å². The third kappa shape index (κ3) is 5.03. The quantitative estimate of drug-likeness (QED) is 0.375. The maximum Gasteiger partial charge on any atom is 0.263 e. The van der Waals surface area contributed by atoms with Gasteiger partial charge in [0.15, 0.2) is 11.7 Å². The Morgan fingerprint density at radius 2 is 1.87 bits per heavy atom. The van der Waals surface area contributed by atoms with Crippen molar-refractivity contribution in [2.75, 3.05) is 11.9 Å². The van der Waals surface area contributed by atoms with Gasteiger partial charge >= 0.3 is 0 Å². The zero-order chi connectivity index (χ0) is 21.8. The number of hydrogen-bond donors (Lipinski definition) is 3. The van der Waals surface area contributed by atoms with Gasteiger partial charge in [0.1, 0.15) is 11.3 Å². The molecule has 0 atom stereocenters. The van der Waals surface area contributed by atoms with Crippen LogP contribution in [0, 0.1) is 13.8 Å². The molecule has 0 aromatic heterocycles. The van der Waals surface area contributed by atoms with Crippen LogP contribution in [0.4, 0.5) is 5.69 Å². The van der Waals surface area contributed by atoms with Gasteiger partial charge in [-0.05, 0) is 67.5 Å². The standard InChI is InChI=1S/C21H18ClN3O4S/c1-11-4-3-5-16(12(11)2)23-18(26)10-29-17-7-6-14(22)8-13(17)9-15-19(27)24-21(30)25-20(15)28/h3-9H,10H2,1-2H3,(H,23,26)(H2,24,25,27,28,30). The summed E-state index contributed by atoms with van der Waals surface area (Å²) >= 11 is 10.8. The third-order valence-corrected chi connectivity index (χ3v) is 4.89. The monoisotopic (exact) mass is 443 g/mol. The second-order valence-electron chi connectivity index (χ2n) is 6.56. The molecule has 154 valence electrons. The molecule has 0 saturated carbocycles. The zero-order valence-corrected chi connectivity index (χ0v) is 17.7. The lowest BCUT2D eigenvalue weighted by atomic mass is 10.1. The Hall–Kier alpha value is -3.23. The second-order valence-corrected chi connectivity index (χ2v) is 7.41. The average Bonchev–Trinajstić information content (AvgIpc) is 2.67. The Bertz CT molecular complexity index is 1080. The van der Waals surface area contributed by atoms with E-state index in [2.05, 4.69) is 16.0 Å². The smallest absolute Gasteiger partial charge is 0.263 e.